The average Bonchev–Trinajstić information content (AvgIpc) is 2.12. The van der Waals surface area contributed by atoms with Crippen molar-refractivity contribution in [2.24, 2.45) is 11.7 Å². The third kappa shape index (κ3) is 2.44. The van der Waals surface area contributed by atoms with Gasteiger partial charge in [-0.05, 0) is 36.5 Å². The number of hydrogen-bond acceptors (Lipinski definition) is 1. The van der Waals surface area contributed by atoms with Gasteiger partial charge >= 0.3 is 6.18 Å². The van der Waals surface area contributed by atoms with Gasteiger partial charge in [0.2, 0.25) is 0 Å². The molecule has 1 atom stereocenters. The van der Waals surface area contributed by atoms with E-state index < -0.39 is 17.6 Å². The van der Waals surface area contributed by atoms with E-state index in [1.807, 2.05) is 0 Å². The van der Waals surface area contributed by atoms with Crippen LogP contribution in [0.25, 0.3) is 0 Å². The molecule has 1 aliphatic rings. The first-order valence-electron chi connectivity index (χ1n) is 5.52. The monoisotopic (exact) mass is 247 g/mol. The molecule has 1 saturated carbocycles. The van der Waals surface area contributed by atoms with Gasteiger partial charge in [-0.2, -0.15) is 13.2 Å². The normalized spacial score (nSPS) is 18.9. The van der Waals surface area contributed by atoms with Gasteiger partial charge in [-0.15, -0.1) is 0 Å². The molecule has 1 aromatic carbocycles. The lowest BCUT2D eigenvalue weighted by Gasteiger charge is -2.31. The molecule has 0 aromatic heterocycles. The lowest BCUT2D eigenvalue weighted by molar-refractivity contribution is -0.140. The van der Waals surface area contributed by atoms with Gasteiger partial charge in [-0.25, -0.2) is 4.39 Å². The average molecular weight is 247 g/mol. The fourth-order valence-corrected chi connectivity index (χ4v) is 2.04. The summed E-state index contributed by atoms with van der Waals surface area (Å²) < 4.78 is 50.4. The van der Waals surface area contributed by atoms with Crippen molar-refractivity contribution in [2.75, 3.05) is 0 Å². The van der Waals surface area contributed by atoms with Crippen LogP contribution < -0.4 is 5.73 Å². The second kappa shape index (κ2) is 4.29. The molecular weight excluding hydrogens is 234 g/mol. The highest BCUT2D eigenvalue weighted by atomic mass is 19.4. The molecule has 94 valence electrons. The second-order valence-electron chi connectivity index (χ2n) is 4.45. The molecule has 1 aliphatic carbocycles. The summed E-state index contributed by atoms with van der Waals surface area (Å²) in [5.41, 5.74) is 5.09. The van der Waals surface area contributed by atoms with Crippen LogP contribution in [-0.4, -0.2) is 0 Å². The maximum Gasteiger partial charge on any atom is 0.419 e. The number of alkyl halides is 3. The van der Waals surface area contributed by atoms with Crippen molar-refractivity contribution < 1.29 is 17.6 Å². The Morgan fingerprint density at radius 3 is 2.29 bits per heavy atom. The topological polar surface area (TPSA) is 26.0 Å². The Balaban J connectivity index is 2.24. The van der Waals surface area contributed by atoms with E-state index in [1.54, 1.807) is 0 Å². The van der Waals surface area contributed by atoms with Gasteiger partial charge in [-0.1, -0.05) is 12.5 Å². The highest BCUT2D eigenvalue weighted by Gasteiger charge is 2.34. The van der Waals surface area contributed by atoms with E-state index in [0.717, 1.165) is 31.4 Å². The number of halogens is 4. The molecule has 0 radical (unpaired) electrons. The van der Waals surface area contributed by atoms with Crippen LogP contribution in [0.2, 0.25) is 0 Å². The molecule has 2 N–H and O–H groups in total. The molecule has 1 nitrogen and oxygen atoms in total. The summed E-state index contributed by atoms with van der Waals surface area (Å²) in [5, 5.41) is 0. The van der Waals surface area contributed by atoms with Crippen LogP contribution >= 0.6 is 0 Å². The van der Waals surface area contributed by atoms with Crippen molar-refractivity contribution in [1.29, 1.82) is 0 Å². The molecule has 1 aromatic rings. The zero-order valence-electron chi connectivity index (χ0n) is 9.10. The molecule has 0 unspecified atom stereocenters. The highest BCUT2D eigenvalue weighted by molar-refractivity contribution is 5.29. The van der Waals surface area contributed by atoms with E-state index in [2.05, 4.69) is 0 Å². The van der Waals surface area contributed by atoms with Crippen molar-refractivity contribution in [3.05, 3.63) is 35.1 Å². The standard InChI is InChI=1S/C12H13F4N/c13-10-6-8(11(17)7-2-1-3-7)4-5-9(10)12(14,15)16/h4-7,11H,1-3,17H2/t11-/m1/s1. The zero-order chi connectivity index (χ0) is 12.6. The van der Waals surface area contributed by atoms with Gasteiger partial charge in [0.1, 0.15) is 5.82 Å². The molecule has 0 saturated heterocycles. The Bertz CT molecular complexity index is 409. The largest absolute Gasteiger partial charge is 0.419 e. The fraction of sp³-hybridized carbons (Fsp3) is 0.500. The summed E-state index contributed by atoms with van der Waals surface area (Å²) in [6.45, 7) is 0. The van der Waals surface area contributed by atoms with Crippen LogP contribution in [0.1, 0.15) is 36.4 Å². The maximum atomic E-state index is 13.3. The molecule has 1 fully saturated rings. The first kappa shape index (κ1) is 12.4. The number of nitrogens with two attached hydrogens (primary N) is 1. The Hall–Kier alpha value is -1.10. The first-order chi connectivity index (χ1) is 7.89. The summed E-state index contributed by atoms with van der Waals surface area (Å²) in [7, 11) is 0. The molecule has 0 bridgehead atoms. The quantitative estimate of drug-likeness (QED) is 0.793. The Morgan fingerprint density at radius 1 is 1.24 bits per heavy atom. The minimum absolute atomic E-state index is 0.270. The predicted octanol–water partition coefficient (Wildman–Crippen LogP) is 3.64. The summed E-state index contributed by atoms with van der Waals surface area (Å²) in [5.74, 6) is -0.976. The molecule has 0 heterocycles. The van der Waals surface area contributed by atoms with Crippen LogP contribution in [0.3, 0.4) is 0 Å². The van der Waals surface area contributed by atoms with Gasteiger partial charge < -0.3 is 5.73 Å². The maximum absolute atomic E-state index is 13.3. The molecule has 0 aliphatic heterocycles. The van der Waals surface area contributed by atoms with Crippen molar-refractivity contribution in [3.63, 3.8) is 0 Å². The highest BCUT2D eigenvalue weighted by Crippen LogP contribution is 2.38. The molecule has 0 spiro atoms. The molecule has 17 heavy (non-hydrogen) atoms. The molecule has 5 heteroatoms. The zero-order valence-corrected chi connectivity index (χ0v) is 9.10. The number of benzene rings is 1. The predicted molar refractivity (Wildman–Crippen MR) is 55.7 cm³/mol. The van der Waals surface area contributed by atoms with E-state index in [-0.39, 0.29) is 12.0 Å². The smallest absolute Gasteiger partial charge is 0.324 e. The van der Waals surface area contributed by atoms with Crippen LogP contribution in [-0.2, 0) is 6.18 Å². The van der Waals surface area contributed by atoms with Gasteiger partial charge in [0.25, 0.3) is 0 Å². The van der Waals surface area contributed by atoms with Crippen molar-refractivity contribution in [1.82, 2.24) is 0 Å². The summed E-state index contributed by atoms with van der Waals surface area (Å²) in [6.07, 6.45) is -1.64. The molecule has 2 rings (SSSR count). The summed E-state index contributed by atoms with van der Waals surface area (Å²) >= 11 is 0. The SMILES string of the molecule is N[C@@H](c1ccc(C(F)(F)F)c(F)c1)C1CCC1. The third-order valence-electron chi connectivity index (χ3n) is 3.34. The Kier molecular flexibility index (Phi) is 3.12. The van der Waals surface area contributed by atoms with Gasteiger partial charge in [0, 0.05) is 6.04 Å². The fourth-order valence-electron chi connectivity index (χ4n) is 2.04. The second-order valence-corrected chi connectivity index (χ2v) is 4.45. The van der Waals surface area contributed by atoms with Crippen molar-refractivity contribution in [2.45, 2.75) is 31.5 Å². The van der Waals surface area contributed by atoms with Crippen LogP contribution in [0.5, 0.6) is 0 Å². The van der Waals surface area contributed by atoms with E-state index in [0.29, 0.717) is 5.56 Å². The molecular formula is C12H13F4N. The van der Waals surface area contributed by atoms with E-state index in [1.165, 1.54) is 6.07 Å². The number of rotatable bonds is 2. The summed E-state index contributed by atoms with van der Waals surface area (Å²) in [6, 6.07) is 2.59. The Morgan fingerprint density at radius 2 is 1.88 bits per heavy atom. The van der Waals surface area contributed by atoms with Crippen molar-refractivity contribution >= 4 is 0 Å². The molecule has 0 amide bonds. The lowest BCUT2D eigenvalue weighted by Crippen LogP contribution is -2.27. The van der Waals surface area contributed by atoms with Gasteiger partial charge in [0.05, 0.1) is 5.56 Å². The van der Waals surface area contributed by atoms with E-state index in [9.17, 15) is 17.6 Å². The van der Waals surface area contributed by atoms with E-state index in [4.69, 9.17) is 5.73 Å². The van der Waals surface area contributed by atoms with Crippen LogP contribution in [0.15, 0.2) is 18.2 Å². The number of hydrogen-bond donors (Lipinski definition) is 1. The van der Waals surface area contributed by atoms with Crippen LogP contribution in [0, 0.1) is 11.7 Å². The first-order valence-corrected chi connectivity index (χ1v) is 5.52. The van der Waals surface area contributed by atoms with Crippen molar-refractivity contribution in [3.8, 4) is 0 Å². The van der Waals surface area contributed by atoms with Gasteiger partial charge in [0.15, 0.2) is 0 Å². The van der Waals surface area contributed by atoms with Gasteiger partial charge in [-0.3, -0.25) is 0 Å². The van der Waals surface area contributed by atoms with E-state index >= 15 is 0 Å². The van der Waals surface area contributed by atoms with Crippen LogP contribution in [0.4, 0.5) is 17.6 Å². The summed E-state index contributed by atoms with van der Waals surface area (Å²) in [4.78, 5) is 0. The third-order valence-corrected chi connectivity index (χ3v) is 3.34. The minimum Gasteiger partial charge on any atom is -0.324 e. The Labute approximate surface area is 96.6 Å². The minimum atomic E-state index is -4.65. The lowest BCUT2D eigenvalue weighted by atomic mass is 9.77.